The summed E-state index contributed by atoms with van der Waals surface area (Å²) in [5, 5.41) is 33.6. The lowest BCUT2D eigenvalue weighted by Gasteiger charge is -2.28. The summed E-state index contributed by atoms with van der Waals surface area (Å²) in [5.74, 6) is -7.18. The van der Waals surface area contributed by atoms with Crippen molar-refractivity contribution in [3.63, 3.8) is 0 Å². The quantitative estimate of drug-likeness (QED) is 0.0313. The molecule has 15 N–H and O–H groups in total. The van der Waals surface area contributed by atoms with Crippen LogP contribution < -0.4 is 59.3 Å². The van der Waals surface area contributed by atoms with Crippen LogP contribution in [-0.2, 0) is 62.4 Å². The Kier molecular flexibility index (Phi) is 21.9. The number of H-pyrrole nitrogens is 1. The van der Waals surface area contributed by atoms with Crippen LogP contribution in [0.4, 0.5) is 0 Å². The molecule has 5 rings (SSSR count). The van der Waals surface area contributed by atoms with E-state index in [9.17, 15) is 43.2 Å². The van der Waals surface area contributed by atoms with Crippen LogP contribution in [-0.4, -0.2) is 124 Å². The van der Waals surface area contributed by atoms with Crippen LogP contribution in [0, 0.1) is 5.41 Å². The molecular formula is C51H68N14O9. The first kappa shape index (κ1) is 56.5. The standard InChI is InChI=1S/C51H68N14O9/c1-3-4-15-36(59-30(2)66)45(69)61-38-19-20-43(67)56-23-21-39(48(72)63-40(44(52)68)26-32-17-18-33-13-8-9-14-34(33)24-32)62-46(70)37(16-10-22-57-51(53)54)60-49(73)41(25-31-11-6-5-7-12-31)64-50(74)42(65-47(38)71)27-35-28-55-29-58-35/h5-9,11-14,17-18,24,28-29,36-42H,3-4,10,15-16,19-23,25-27H2,1-2H3,(H2,52,68)(H,55,58)(H,56,67)(H,59,66)(H,60,73)(H,61,69)(H,62,70)(H,63,72)(H,64,74)(H,65,71)(H4,53,54,57)/t36-,37-,38?,39?,40-,41?,42-/m0/s1. The number of benzene rings is 3. The Morgan fingerprint density at radius 1 is 0.757 bits per heavy atom. The molecule has 23 nitrogen and oxygen atoms in total. The number of carbonyl (C=O) groups is 9. The SMILES string of the molecule is CCCC[C@H](NC(C)=O)C(=O)NC1CCC(=O)NCCC(C(=O)N[C@@H](Cc2ccc3ccccc3c2)C(N)=O)NC(=O)[C@H](CCCNC(=N)N)NC(=O)C(Cc2ccccc2)NC(=O)[C@H](Cc2c[nH]cn2)NC1=O. The van der Waals surface area contributed by atoms with Crippen LogP contribution in [0.2, 0.25) is 0 Å². The van der Waals surface area contributed by atoms with Gasteiger partial charge in [0.15, 0.2) is 5.96 Å². The lowest BCUT2D eigenvalue weighted by molar-refractivity contribution is -0.135. The van der Waals surface area contributed by atoms with Gasteiger partial charge in [-0.15, -0.1) is 0 Å². The molecule has 74 heavy (non-hydrogen) atoms. The second kappa shape index (κ2) is 28.6. The summed E-state index contributed by atoms with van der Waals surface area (Å²) in [7, 11) is 0. The molecule has 0 spiro atoms. The normalized spacial score (nSPS) is 20.0. The van der Waals surface area contributed by atoms with Crippen LogP contribution in [0.15, 0.2) is 85.3 Å². The number of guanidine groups is 1. The smallest absolute Gasteiger partial charge is 0.243 e. The average Bonchev–Trinajstić information content (AvgIpc) is 3.89. The monoisotopic (exact) mass is 1020 g/mol. The summed E-state index contributed by atoms with van der Waals surface area (Å²) in [4.78, 5) is 132. The lowest BCUT2D eigenvalue weighted by atomic mass is 10.0. The van der Waals surface area contributed by atoms with Crippen LogP contribution in [0.25, 0.3) is 10.8 Å². The minimum atomic E-state index is -1.44. The zero-order valence-corrected chi connectivity index (χ0v) is 41.6. The van der Waals surface area contributed by atoms with Crippen LogP contribution in [0.3, 0.4) is 0 Å². The number of rotatable bonds is 19. The number of nitrogens with two attached hydrogens (primary N) is 2. The van der Waals surface area contributed by atoms with Gasteiger partial charge in [0.05, 0.1) is 12.0 Å². The molecule has 3 aromatic carbocycles. The molecular weight excluding hydrogens is 953 g/mol. The number of unbranched alkanes of at least 4 members (excludes halogenated alkanes) is 1. The molecule has 4 aromatic rings. The van der Waals surface area contributed by atoms with Gasteiger partial charge in [-0.1, -0.05) is 92.6 Å². The Morgan fingerprint density at radius 2 is 1.43 bits per heavy atom. The van der Waals surface area contributed by atoms with E-state index in [0.29, 0.717) is 29.7 Å². The fourth-order valence-corrected chi connectivity index (χ4v) is 8.32. The van der Waals surface area contributed by atoms with Crippen molar-refractivity contribution in [3.05, 3.63) is 102 Å². The van der Waals surface area contributed by atoms with Crippen molar-refractivity contribution in [1.29, 1.82) is 5.41 Å². The third kappa shape index (κ3) is 18.3. The highest BCUT2D eigenvalue weighted by Crippen LogP contribution is 2.17. The van der Waals surface area contributed by atoms with E-state index in [1.165, 1.54) is 19.4 Å². The van der Waals surface area contributed by atoms with E-state index in [0.717, 1.165) is 10.8 Å². The van der Waals surface area contributed by atoms with Crippen molar-refractivity contribution in [2.75, 3.05) is 13.1 Å². The fraction of sp³-hybridized carbons (Fsp3) is 0.431. The Hall–Kier alpha value is -8.37. The van der Waals surface area contributed by atoms with Gasteiger partial charge in [0, 0.05) is 51.9 Å². The topological polar surface area (TPSA) is 366 Å². The molecule has 396 valence electrons. The van der Waals surface area contributed by atoms with Gasteiger partial charge in [-0.3, -0.25) is 48.6 Å². The van der Waals surface area contributed by atoms with E-state index in [4.69, 9.17) is 16.9 Å². The fourth-order valence-electron chi connectivity index (χ4n) is 8.32. The molecule has 1 aliphatic heterocycles. The zero-order chi connectivity index (χ0) is 53.6. The molecule has 23 heteroatoms. The Bertz CT molecular complexity index is 2600. The maximum atomic E-state index is 14.6. The van der Waals surface area contributed by atoms with E-state index >= 15 is 0 Å². The van der Waals surface area contributed by atoms with Gasteiger partial charge in [0.2, 0.25) is 53.2 Å². The number of fused-ring (bicyclic) bond motifs is 1. The maximum absolute atomic E-state index is 14.6. The van der Waals surface area contributed by atoms with Gasteiger partial charge in [-0.05, 0) is 54.0 Å². The van der Waals surface area contributed by atoms with Crippen molar-refractivity contribution in [2.45, 2.75) is 127 Å². The molecule has 0 aliphatic carbocycles. The number of hydrogen-bond donors (Lipinski definition) is 13. The minimum absolute atomic E-state index is 0.00231. The molecule has 0 bridgehead atoms. The summed E-state index contributed by atoms with van der Waals surface area (Å²) >= 11 is 0. The number of amides is 9. The summed E-state index contributed by atoms with van der Waals surface area (Å²) in [5.41, 5.74) is 13.0. The van der Waals surface area contributed by atoms with Crippen molar-refractivity contribution < 1.29 is 43.2 Å². The van der Waals surface area contributed by atoms with Crippen LogP contribution in [0.5, 0.6) is 0 Å². The number of nitrogens with zero attached hydrogens (tertiary/aromatic N) is 1. The first-order valence-electron chi connectivity index (χ1n) is 24.7. The molecule has 1 aliphatic rings. The molecule has 7 atom stereocenters. The van der Waals surface area contributed by atoms with Crippen molar-refractivity contribution in [1.82, 2.24) is 57.8 Å². The van der Waals surface area contributed by atoms with Crippen molar-refractivity contribution >= 4 is 69.9 Å². The number of aromatic amines is 1. The largest absolute Gasteiger partial charge is 0.370 e. The number of nitrogens with one attached hydrogen (secondary N) is 11. The van der Waals surface area contributed by atoms with Crippen LogP contribution >= 0.6 is 0 Å². The predicted molar refractivity (Wildman–Crippen MR) is 274 cm³/mol. The first-order chi connectivity index (χ1) is 35.5. The van der Waals surface area contributed by atoms with E-state index in [-0.39, 0.29) is 76.8 Å². The van der Waals surface area contributed by atoms with E-state index in [1.807, 2.05) is 43.3 Å². The highest BCUT2D eigenvalue weighted by Gasteiger charge is 2.35. The number of aromatic nitrogens is 2. The highest BCUT2D eigenvalue weighted by molar-refractivity contribution is 5.98. The second-order valence-electron chi connectivity index (χ2n) is 18.2. The van der Waals surface area contributed by atoms with Gasteiger partial charge >= 0.3 is 0 Å². The average molecular weight is 1020 g/mol. The summed E-state index contributed by atoms with van der Waals surface area (Å²) in [6.07, 6.45) is 3.32. The molecule has 1 aromatic heterocycles. The molecule has 1 fully saturated rings. The molecule has 3 unspecified atom stereocenters. The third-order valence-corrected chi connectivity index (χ3v) is 12.3. The number of imidazole rings is 1. The Labute approximate surface area is 428 Å². The van der Waals surface area contributed by atoms with E-state index < -0.39 is 95.5 Å². The van der Waals surface area contributed by atoms with Gasteiger partial charge in [0.1, 0.15) is 42.3 Å². The number of hydrogen-bond acceptors (Lipinski definition) is 11. The molecule has 1 saturated heterocycles. The minimum Gasteiger partial charge on any atom is -0.370 e. The van der Waals surface area contributed by atoms with Gasteiger partial charge in [-0.25, -0.2) is 4.98 Å². The molecule has 0 radical (unpaired) electrons. The zero-order valence-electron chi connectivity index (χ0n) is 41.6. The summed E-state index contributed by atoms with van der Waals surface area (Å²) in [6, 6.07) is 12.5. The molecule has 2 heterocycles. The predicted octanol–water partition coefficient (Wildman–Crippen LogP) is -0.757. The maximum Gasteiger partial charge on any atom is 0.243 e. The first-order valence-corrected chi connectivity index (χ1v) is 24.7. The van der Waals surface area contributed by atoms with E-state index in [1.54, 1.807) is 36.4 Å². The van der Waals surface area contributed by atoms with Gasteiger partial charge in [0.25, 0.3) is 0 Å². The van der Waals surface area contributed by atoms with Crippen LogP contribution in [0.1, 0.15) is 82.0 Å². The molecule has 0 saturated carbocycles. The Balaban J connectivity index is 1.51. The lowest BCUT2D eigenvalue weighted by Crippen LogP contribution is -2.60. The van der Waals surface area contributed by atoms with Crippen molar-refractivity contribution in [3.8, 4) is 0 Å². The summed E-state index contributed by atoms with van der Waals surface area (Å²) < 4.78 is 0. The number of carbonyl (C=O) groups excluding carboxylic acids is 9. The van der Waals surface area contributed by atoms with Gasteiger partial charge < -0.3 is 64.3 Å². The highest BCUT2D eigenvalue weighted by atomic mass is 16.2. The number of primary amides is 1. The molecule has 9 amide bonds. The van der Waals surface area contributed by atoms with Crippen molar-refractivity contribution in [2.24, 2.45) is 11.5 Å². The summed E-state index contributed by atoms with van der Waals surface area (Å²) in [6.45, 7) is 3.05. The Morgan fingerprint density at radius 3 is 2.11 bits per heavy atom. The van der Waals surface area contributed by atoms with Gasteiger partial charge in [-0.2, -0.15) is 0 Å². The van der Waals surface area contributed by atoms with E-state index in [2.05, 4.69) is 57.8 Å². The second-order valence-corrected chi connectivity index (χ2v) is 18.2. The third-order valence-electron chi connectivity index (χ3n) is 12.3.